The molecule has 0 amide bonds. The molecule has 0 bridgehead atoms. The minimum atomic E-state index is -1.08. The highest BCUT2D eigenvalue weighted by atomic mass is 16.7. The van der Waals surface area contributed by atoms with E-state index in [1.54, 1.807) is 6.92 Å². The van der Waals surface area contributed by atoms with E-state index in [1.165, 1.54) is 0 Å². The van der Waals surface area contributed by atoms with Gasteiger partial charge in [-0.1, -0.05) is 0 Å². The molecule has 0 aliphatic carbocycles. The molecule has 0 saturated carbocycles. The van der Waals surface area contributed by atoms with Crippen molar-refractivity contribution in [1.29, 1.82) is 0 Å². The van der Waals surface area contributed by atoms with E-state index in [4.69, 9.17) is 9.90 Å². The van der Waals surface area contributed by atoms with Crippen molar-refractivity contribution in [2.45, 2.75) is 19.1 Å². The maximum atomic E-state index is 10.2. The summed E-state index contributed by atoms with van der Waals surface area (Å²) < 4.78 is 9.21. The first-order valence-electron chi connectivity index (χ1n) is 3.23. The van der Waals surface area contributed by atoms with E-state index < -0.39 is 18.2 Å². The number of carbonyl (C=O) groups is 1. The van der Waals surface area contributed by atoms with Gasteiger partial charge in [0.05, 0.1) is 0 Å². The molecule has 0 radical (unpaired) electrons. The largest absolute Gasteiger partial charge is 0.516 e. The third-order valence-corrected chi connectivity index (χ3v) is 1.27. The molecule has 0 aromatic heterocycles. The van der Waals surface area contributed by atoms with Crippen LogP contribution in [0.4, 0.5) is 0 Å². The monoisotopic (exact) mass is 161 g/mol. The molecule has 62 valence electrons. The van der Waals surface area contributed by atoms with E-state index in [2.05, 4.69) is 9.47 Å². The molecular formula is C6H9O5+. The van der Waals surface area contributed by atoms with Crippen LogP contribution < -0.4 is 0 Å². The summed E-state index contributed by atoms with van der Waals surface area (Å²) in [5.74, 6) is -1.43. The molecular weight excluding hydrogens is 152 g/mol. The molecule has 5 nitrogen and oxygen atoms in total. The lowest BCUT2D eigenvalue weighted by atomic mass is 10.3. The maximum Gasteiger partial charge on any atom is 0.516 e. The molecule has 0 unspecified atom stereocenters. The first-order chi connectivity index (χ1) is 5.16. The molecule has 1 aliphatic rings. The summed E-state index contributed by atoms with van der Waals surface area (Å²) in [6.45, 7) is 1.99. The number of ether oxygens (including phenoxy) is 2. The van der Waals surface area contributed by atoms with Crippen molar-refractivity contribution in [1.82, 2.24) is 0 Å². The number of aliphatic carboxylic acids is 1. The Bertz CT molecular complexity index is 187. The SMILES string of the molecule is CCOC(=[OH+])[C@H]1O[C@@H]1C(=O)O. The Balaban J connectivity index is 2.32. The normalized spacial score (nSPS) is 27.7. The van der Waals surface area contributed by atoms with Gasteiger partial charge < -0.3 is 19.4 Å². The van der Waals surface area contributed by atoms with Crippen LogP contribution in [0.25, 0.3) is 0 Å². The van der Waals surface area contributed by atoms with Crippen molar-refractivity contribution in [2.75, 3.05) is 6.61 Å². The van der Waals surface area contributed by atoms with Crippen LogP contribution in [0.15, 0.2) is 0 Å². The zero-order valence-corrected chi connectivity index (χ0v) is 5.98. The minimum absolute atomic E-state index is 0.304. The Labute approximate surface area is 62.9 Å². The van der Waals surface area contributed by atoms with Gasteiger partial charge in [-0.05, 0) is 6.92 Å². The number of hydrogen-bond donors (Lipinski definition) is 1. The van der Waals surface area contributed by atoms with Gasteiger partial charge in [-0.15, -0.1) is 0 Å². The predicted molar refractivity (Wildman–Crippen MR) is 34.9 cm³/mol. The molecule has 1 heterocycles. The van der Waals surface area contributed by atoms with E-state index >= 15 is 0 Å². The minimum Gasteiger partial charge on any atom is -0.479 e. The summed E-state index contributed by atoms with van der Waals surface area (Å²) in [7, 11) is 0. The summed E-state index contributed by atoms with van der Waals surface area (Å²) >= 11 is 0. The molecule has 0 spiro atoms. The molecule has 2 N–H and O–H groups in total. The number of carboxylic acids is 1. The maximum absolute atomic E-state index is 10.2. The van der Waals surface area contributed by atoms with Crippen molar-refractivity contribution in [2.24, 2.45) is 0 Å². The fraction of sp³-hybridized carbons (Fsp3) is 0.667. The average Bonchev–Trinajstić information content (AvgIpc) is 2.65. The molecule has 1 aliphatic heterocycles. The van der Waals surface area contributed by atoms with Crippen LogP contribution >= 0.6 is 0 Å². The third kappa shape index (κ3) is 1.68. The third-order valence-electron chi connectivity index (χ3n) is 1.27. The Morgan fingerprint density at radius 3 is 2.73 bits per heavy atom. The summed E-state index contributed by atoms with van der Waals surface area (Å²) in [5, 5.41) is 8.34. The van der Waals surface area contributed by atoms with E-state index in [0.717, 1.165) is 0 Å². The van der Waals surface area contributed by atoms with Gasteiger partial charge in [0, 0.05) is 0 Å². The first kappa shape index (κ1) is 8.00. The van der Waals surface area contributed by atoms with Crippen molar-refractivity contribution in [3.63, 3.8) is 0 Å². The van der Waals surface area contributed by atoms with E-state index in [9.17, 15) is 4.79 Å². The zero-order valence-electron chi connectivity index (χ0n) is 5.98. The van der Waals surface area contributed by atoms with Crippen molar-refractivity contribution >= 4 is 11.9 Å². The highest BCUT2D eigenvalue weighted by Gasteiger charge is 2.56. The highest BCUT2D eigenvalue weighted by molar-refractivity contribution is 5.89. The first-order valence-corrected chi connectivity index (χ1v) is 3.23. The van der Waals surface area contributed by atoms with E-state index in [0.29, 0.717) is 6.61 Å². The van der Waals surface area contributed by atoms with Gasteiger partial charge in [-0.3, -0.25) is 0 Å². The van der Waals surface area contributed by atoms with Crippen LogP contribution in [0.5, 0.6) is 0 Å². The fourth-order valence-electron chi connectivity index (χ4n) is 0.718. The topological polar surface area (TPSA) is 80.5 Å². The van der Waals surface area contributed by atoms with Crippen molar-refractivity contribution in [3.05, 3.63) is 0 Å². The van der Waals surface area contributed by atoms with E-state index in [-0.39, 0.29) is 5.97 Å². The van der Waals surface area contributed by atoms with Crippen molar-refractivity contribution < 1.29 is 24.2 Å². The standard InChI is InChI=1S/C6H8O5/c1-2-10-6(9)4-3(11-4)5(7)8/h3-4H,2H2,1H3,(H,7,8)/p+1/t3-,4-/m0/s1. The van der Waals surface area contributed by atoms with Crippen LogP contribution in [-0.2, 0) is 14.3 Å². The number of rotatable bonds is 3. The number of carbonyl (C=O) groups excluding carboxylic acids is 1. The predicted octanol–water partition coefficient (Wildman–Crippen LogP) is -0.623. The van der Waals surface area contributed by atoms with Crippen molar-refractivity contribution in [3.8, 4) is 0 Å². The number of hydrogen-bond acceptors (Lipinski definition) is 3. The second-order valence-corrected chi connectivity index (χ2v) is 2.09. The summed E-state index contributed by atoms with van der Waals surface area (Å²) in [4.78, 5) is 19.1. The van der Waals surface area contributed by atoms with Gasteiger partial charge in [-0.2, -0.15) is 0 Å². The molecule has 1 saturated heterocycles. The number of epoxide rings is 1. The van der Waals surface area contributed by atoms with Gasteiger partial charge in [0.2, 0.25) is 6.10 Å². The lowest BCUT2D eigenvalue weighted by Gasteiger charge is -1.84. The Morgan fingerprint density at radius 2 is 2.36 bits per heavy atom. The van der Waals surface area contributed by atoms with Crippen LogP contribution in [0.2, 0.25) is 0 Å². The van der Waals surface area contributed by atoms with Crippen LogP contribution in [0.1, 0.15) is 6.92 Å². The Morgan fingerprint density at radius 1 is 1.73 bits per heavy atom. The van der Waals surface area contributed by atoms with Crippen LogP contribution in [-0.4, -0.2) is 40.7 Å². The molecule has 1 fully saturated rings. The molecule has 1 rings (SSSR count). The highest BCUT2D eigenvalue weighted by Crippen LogP contribution is 2.22. The second kappa shape index (κ2) is 2.87. The van der Waals surface area contributed by atoms with Gasteiger partial charge >= 0.3 is 11.9 Å². The summed E-state index contributed by atoms with van der Waals surface area (Å²) in [5.41, 5.74) is 0. The Kier molecular flexibility index (Phi) is 2.09. The zero-order chi connectivity index (χ0) is 8.43. The molecule has 5 heteroatoms. The van der Waals surface area contributed by atoms with Crippen LogP contribution in [0.3, 0.4) is 0 Å². The molecule has 2 atom stereocenters. The van der Waals surface area contributed by atoms with Gasteiger partial charge in [0.25, 0.3) is 0 Å². The molecule has 0 aromatic rings. The average molecular weight is 161 g/mol. The van der Waals surface area contributed by atoms with Gasteiger partial charge in [0.15, 0.2) is 12.7 Å². The smallest absolute Gasteiger partial charge is 0.479 e. The van der Waals surface area contributed by atoms with Crippen LogP contribution in [0, 0.1) is 0 Å². The fourth-order valence-corrected chi connectivity index (χ4v) is 0.718. The Hall–Kier alpha value is -1.10. The lowest BCUT2D eigenvalue weighted by Crippen LogP contribution is -2.18. The summed E-state index contributed by atoms with van der Waals surface area (Å²) in [6, 6.07) is 0. The van der Waals surface area contributed by atoms with E-state index in [1.807, 2.05) is 0 Å². The summed E-state index contributed by atoms with van der Waals surface area (Å²) in [6.07, 6.45) is -1.70. The molecule has 0 aromatic carbocycles. The number of carboxylic acid groups (broad SMARTS) is 1. The second-order valence-electron chi connectivity index (χ2n) is 2.09. The quantitative estimate of drug-likeness (QED) is 0.339. The molecule has 11 heavy (non-hydrogen) atoms. The van der Waals surface area contributed by atoms with Gasteiger partial charge in [-0.25, -0.2) is 4.79 Å². The van der Waals surface area contributed by atoms with Gasteiger partial charge in [0.1, 0.15) is 0 Å². The number of esters is 1. The lowest BCUT2D eigenvalue weighted by molar-refractivity contribution is -0.138.